The minimum atomic E-state index is -2.20. The smallest absolute Gasteiger partial charge is 0.334 e. The highest BCUT2D eigenvalue weighted by molar-refractivity contribution is 6.66. The molecule has 1 fully saturated rings. The maximum atomic E-state index is 6.67. The Bertz CT molecular complexity index is 1010. The molecule has 6 nitrogen and oxygen atoms in total. The zero-order chi connectivity index (χ0) is 48.1. The van der Waals surface area contributed by atoms with Crippen molar-refractivity contribution < 1.29 is 17.7 Å². The van der Waals surface area contributed by atoms with Crippen LogP contribution in [0.3, 0.4) is 0 Å². The predicted molar refractivity (Wildman–Crippen MR) is 296 cm³/mol. The van der Waals surface area contributed by atoms with E-state index in [0.717, 1.165) is 89.9 Å². The minimum absolute atomic E-state index is 0.713. The highest BCUT2D eigenvalue weighted by Crippen LogP contribution is 2.27. The van der Waals surface area contributed by atoms with Crippen LogP contribution in [0.2, 0.25) is 25.2 Å². The average molecular weight is 960 g/mol. The molecule has 0 atom stereocenters. The summed E-state index contributed by atoms with van der Waals surface area (Å²) < 4.78 is 26.7. The van der Waals surface area contributed by atoms with E-state index in [9.17, 15) is 0 Å². The number of rotatable bonds is 48. The molecule has 66 heavy (non-hydrogen) atoms. The summed E-state index contributed by atoms with van der Waals surface area (Å²) in [7, 11) is 0.363. The highest BCUT2D eigenvalue weighted by Gasteiger charge is 2.32. The van der Waals surface area contributed by atoms with Crippen LogP contribution in [0, 0.1) is 0 Å². The van der Waals surface area contributed by atoms with Gasteiger partial charge in [-0.15, -0.1) is 0 Å². The molecule has 0 unspecified atom stereocenters. The lowest BCUT2D eigenvalue weighted by Gasteiger charge is -2.38. The number of hydrogen-bond donors (Lipinski definition) is 0. The SMILES string of the molecule is CCCCC/C=C\CCCO[Si](C)(CCCCN(C)[C@H]1CC[C@H](N(C)CCCC[Si](C)(OCCC/C=C\CCCCC)OCCC/C=C\CCCCC)CC1)OCCC/C=C\CCCCC. The first kappa shape index (κ1) is 63.2. The topological polar surface area (TPSA) is 43.4 Å². The van der Waals surface area contributed by atoms with Gasteiger partial charge in [0, 0.05) is 38.5 Å². The Hall–Kier alpha value is -0.846. The molecule has 0 spiro atoms. The first-order chi connectivity index (χ1) is 32.2. The maximum absolute atomic E-state index is 6.67. The van der Waals surface area contributed by atoms with E-state index in [0.29, 0.717) is 12.1 Å². The Balaban J connectivity index is 2.50. The molecule has 1 saturated carbocycles. The molecule has 0 amide bonds. The van der Waals surface area contributed by atoms with E-state index in [1.165, 1.54) is 167 Å². The lowest BCUT2D eigenvalue weighted by Crippen LogP contribution is -2.42. The standard InChI is InChI=1S/C58H114N2O4Si2/c1-9-13-17-21-25-29-33-39-51-61-65(7,62-52-40-34-30-26-22-18-14-10-2)55-43-37-49-59(5)57-45-47-58(48-46-57)60(6)50-38-44-56-66(8,63-53-41-35-31-27-23-19-15-11-3)64-54-42-36-32-28-24-20-16-12-4/h25-32,57-58H,9-24,33-56H2,1-8H3/b29-25-,30-26-,31-27-,32-28-/t57-,58-. The summed E-state index contributed by atoms with van der Waals surface area (Å²) >= 11 is 0. The Morgan fingerprint density at radius 3 is 0.833 bits per heavy atom. The van der Waals surface area contributed by atoms with Gasteiger partial charge in [0.2, 0.25) is 0 Å². The molecule has 0 aromatic heterocycles. The molecule has 8 heteroatoms. The third-order valence-corrected chi connectivity index (χ3v) is 19.7. The van der Waals surface area contributed by atoms with E-state index < -0.39 is 17.1 Å². The van der Waals surface area contributed by atoms with Crippen LogP contribution in [-0.2, 0) is 17.7 Å². The fourth-order valence-corrected chi connectivity index (χ4v) is 14.1. The Morgan fingerprint density at radius 2 is 0.591 bits per heavy atom. The third kappa shape index (κ3) is 37.0. The molecule has 1 rings (SSSR count). The summed E-state index contributed by atoms with van der Waals surface area (Å²) in [5, 5.41) is 0. The fourth-order valence-electron chi connectivity index (χ4n) is 9.24. The molecular weight excluding hydrogens is 845 g/mol. The fraction of sp³-hybridized carbons (Fsp3) is 0.862. The quantitative estimate of drug-likeness (QED) is 0.0344. The molecule has 0 radical (unpaired) electrons. The Morgan fingerprint density at radius 1 is 0.348 bits per heavy atom. The highest BCUT2D eigenvalue weighted by atomic mass is 28.4. The summed E-state index contributed by atoms with van der Waals surface area (Å²) in [6.45, 7) is 19.5. The number of nitrogens with zero attached hydrogens (tertiary/aromatic N) is 2. The molecular formula is C58H114N2O4Si2. The van der Waals surface area contributed by atoms with E-state index >= 15 is 0 Å². The minimum Gasteiger partial charge on any atom is -0.394 e. The molecule has 0 N–H and O–H groups in total. The molecule has 0 aromatic rings. The van der Waals surface area contributed by atoms with Gasteiger partial charge in [-0.05, 0) is 194 Å². The molecule has 0 aliphatic heterocycles. The van der Waals surface area contributed by atoms with Crippen LogP contribution >= 0.6 is 0 Å². The van der Waals surface area contributed by atoms with Crippen molar-refractivity contribution in [2.24, 2.45) is 0 Å². The second-order valence-electron chi connectivity index (χ2n) is 20.4. The van der Waals surface area contributed by atoms with E-state index in [4.69, 9.17) is 17.7 Å². The van der Waals surface area contributed by atoms with Crippen molar-refractivity contribution in [1.29, 1.82) is 0 Å². The van der Waals surface area contributed by atoms with Crippen molar-refractivity contribution in [2.75, 3.05) is 53.6 Å². The first-order valence-corrected chi connectivity index (χ1v) is 33.8. The van der Waals surface area contributed by atoms with Gasteiger partial charge in [-0.2, -0.15) is 0 Å². The molecule has 1 aliphatic rings. The summed E-state index contributed by atoms with van der Waals surface area (Å²) in [5.41, 5.74) is 0. The number of allylic oxidation sites excluding steroid dienone is 8. The summed E-state index contributed by atoms with van der Waals surface area (Å²) in [5.74, 6) is 0. The van der Waals surface area contributed by atoms with Gasteiger partial charge in [-0.1, -0.05) is 141 Å². The van der Waals surface area contributed by atoms with Crippen LogP contribution in [-0.4, -0.2) is 92.6 Å². The molecule has 1 aliphatic carbocycles. The van der Waals surface area contributed by atoms with Crippen LogP contribution in [0.4, 0.5) is 0 Å². The summed E-state index contributed by atoms with van der Waals surface area (Å²) in [4.78, 5) is 5.35. The van der Waals surface area contributed by atoms with Gasteiger partial charge >= 0.3 is 17.1 Å². The van der Waals surface area contributed by atoms with Crippen molar-refractivity contribution >= 4 is 17.1 Å². The van der Waals surface area contributed by atoms with Crippen molar-refractivity contribution in [3.63, 3.8) is 0 Å². The first-order valence-electron chi connectivity index (χ1n) is 28.8. The van der Waals surface area contributed by atoms with Gasteiger partial charge in [0.25, 0.3) is 0 Å². The monoisotopic (exact) mass is 959 g/mol. The second kappa shape index (κ2) is 45.3. The lowest BCUT2D eigenvalue weighted by atomic mass is 9.89. The van der Waals surface area contributed by atoms with Gasteiger partial charge in [0.1, 0.15) is 0 Å². The van der Waals surface area contributed by atoms with E-state index in [1.54, 1.807) is 0 Å². The Kier molecular flexibility index (Phi) is 43.4. The average Bonchev–Trinajstić information content (AvgIpc) is 3.32. The number of unbranched alkanes of at least 4 members (excludes halogenated alkanes) is 18. The molecule has 0 saturated heterocycles. The second-order valence-corrected chi connectivity index (χ2v) is 27.1. The summed E-state index contributed by atoms with van der Waals surface area (Å²) in [6.07, 6.45) is 58.6. The van der Waals surface area contributed by atoms with E-state index in [2.05, 4.69) is 113 Å². The van der Waals surface area contributed by atoms with E-state index in [1.807, 2.05) is 0 Å². The van der Waals surface area contributed by atoms with Crippen molar-refractivity contribution in [3.05, 3.63) is 48.6 Å². The maximum Gasteiger partial charge on any atom is 0.334 e. The normalized spacial score (nSPS) is 16.6. The van der Waals surface area contributed by atoms with Crippen LogP contribution in [0.1, 0.15) is 233 Å². The van der Waals surface area contributed by atoms with Gasteiger partial charge < -0.3 is 27.5 Å². The molecule has 0 heterocycles. The van der Waals surface area contributed by atoms with Gasteiger partial charge in [0.05, 0.1) is 0 Å². The van der Waals surface area contributed by atoms with Crippen LogP contribution in [0.5, 0.6) is 0 Å². The van der Waals surface area contributed by atoms with Crippen LogP contribution < -0.4 is 0 Å². The van der Waals surface area contributed by atoms with Gasteiger partial charge in [-0.25, -0.2) is 0 Å². The lowest BCUT2D eigenvalue weighted by molar-refractivity contribution is 0.122. The molecule has 388 valence electrons. The zero-order valence-electron chi connectivity index (χ0n) is 45.6. The number of hydrogen-bond acceptors (Lipinski definition) is 6. The molecule has 0 bridgehead atoms. The third-order valence-electron chi connectivity index (χ3n) is 14.0. The van der Waals surface area contributed by atoms with Gasteiger partial charge in [-0.3, -0.25) is 0 Å². The van der Waals surface area contributed by atoms with E-state index in [-0.39, 0.29) is 0 Å². The summed E-state index contributed by atoms with van der Waals surface area (Å²) in [6, 6.07) is 3.63. The van der Waals surface area contributed by atoms with Crippen molar-refractivity contribution in [2.45, 2.75) is 270 Å². The Labute approximate surface area is 415 Å². The predicted octanol–water partition coefficient (Wildman–Crippen LogP) is 17.6. The van der Waals surface area contributed by atoms with Crippen LogP contribution in [0.25, 0.3) is 0 Å². The molecule has 0 aromatic carbocycles. The zero-order valence-corrected chi connectivity index (χ0v) is 47.6. The van der Waals surface area contributed by atoms with Crippen LogP contribution in [0.15, 0.2) is 48.6 Å². The van der Waals surface area contributed by atoms with Gasteiger partial charge in [0.15, 0.2) is 0 Å². The largest absolute Gasteiger partial charge is 0.394 e. The van der Waals surface area contributed by atoms with Crippen molar-refractivity contribution in [1.82, 2.24) is 9.80 Å². The van der Waals surface area contributed by atoms with Crippen molar-refractivity contribution in [3.8, 4) is 0 Å².